The minimum absolute atomic E-state index is 0.144. The van der Waals surface area contributed by atoms with E-state index in [0.717, 1.165) is 19.2 Å². The number of carbonyl (C=O) groups is 2. The van der Waals surface area contributed by atoms with Crippen molar-refractivity contribution >= 4 is 35.0 Å². The van der Waals surface area contributed by atoms with E-state index in [2.05, 4.69) is 4.74 Å². The Bertz CT molecular complexity index is 540. The highest BCUT2D eigenvalue weighted by Gasteiger charge is 2.24. The molecule has 0 atom stereocenters. The van der Waals surface area contributed by atoms with Gasteiger partial charge in [0.2, 0.25) is 5.78 Å². The number of carbonyl (C=O) groups excluding carboxylic acids is 2. The zero-order valence-corrected chi connectivity index (χ0v) is 10.5. The van der Waals surface area contributed by atoms with Gasteiger partial charge in [0.05, 0.1) is 23.4 Å². The van der Waals surface area contributed by atoms with Crippen molar-refractivity contribution in [3.63, 3.8) is 0 Å². The maximum absolute atomic E-state index is 13.2. The number of benzene rings is 1. The first kappa shape index (κ1) is 14.5. The first-order valence-electron chi connectivity index (χ1n) is 4.54. The summed E-state index contributed by atoms with van der Waals surface area (Å²) in [5, 5.41) is 8.42. The zero-order valence-electron chi connectivity index (χ0n) is 9.04. The van der Waals surface area contributed by atoms with Crippen LogP contribution in [0.5, 0.6) is 0 Å². The Hall–Kier alpha value is -1.59. The lowest BCUT2D eigenvalue weighted by Crippen LogP contribution is -2.15. The van der Waals surface area contributed by atoms with Gasteiger partial charge in [0.25, 0.3) is 0 Å². The zero-order chi connectivity index (χ0) is 13.9. The van der Waals surface area contributed by atoms with Crippen LogP contribution in [0.1, 0.15) is 10.4 Å². The fourth-order valence-electron chi connectivity index (χ4n) is 1.16. The molecular formula is C11H7Cl2FO4. The number of halogens is 3. The number of rotatable bonds is 3. The largest absolute Gasteiger partial charge is 0.515 e. The van der Waals surface area contributed by atoms with Crippen molar-refractivity contribution in [1.29, 1.82) is 0 Å². The van der Waals surface area contributed by atoms with Crippen LogP contribution in [-0.2, 0) is 9.53 Å². The van der Waals surface area contributed by atoms with Crippen LogP contribution in [0.2, 0.25) is 10.0 Å². The molecule has 0 unspecified atom stereocenters. The Labute approximate surface area is 112 Å². The molecule has 96 valence electrons. The van der Waals surface area contributed by atoms with Crippen LogP contribution in [0.3, 0.4) is 0 Å². The Morgan fingerprint density at radius 1 is 1.33 bits per heavy atom. The molecule has 0 saturated carbocycles. The van der Waals surface area contributed by atoms with Crippen LogP contribution in [0, 0.1) is 5.82 Å². The lowest BCUT2D eigenvalue weighted by Gasteiger charge is -2.06. The molecule has 0 aliphatic carbocycles. The third-order valence-corrected chi connectivity index (χ3v) is 2.64. The molecule has 0 heterocycles. The van der Waals surface area contributed by atoms with E-state index in [1.165, 1.54) is 0 Å². The molecule has 0 spiro atoms. The monoisotopic (exact) mass is 292 g/mol. The van der Waals surface area contributed by atoms with Crippen LogP contribution in [0.15, 0.2) is 24.0 Å². The molecule has 0 amide bonds. The molecule has 1 aromatic carbocycles. The summed E-state index contributed by atoms with van der Waals surface area (Å²) in [5.41, 5.74) is -0.967. The molecule has 0 saturated heterocycles. The second-order valence-electron chi connectivity index (χ2n) is 3.11. The number of Topliss-reactive ketones (excluding diaryl/α,β-unsaturated/α-hetero) is 1. The first-order valence-corrected chi connectivity index (χ1v) is 5.30. The number of ether oxygens (including phenoxy) is 1. The predicted octanol–water partition coefficient (Wildman–Crippen LogP) is 2.93. The number of ketones is 1. The summed E-state index contributed by atoms with van der Waals surface area (Å²) < 4.78 is 17.5. The summed E-state index contributed by atoms with van der Waals surface area (Å²) in [6, 6.07) is 1.80. The Balaban J connectivity index is 3.27. The van der Waals surface area contributed by atoms with E-state index in [4.69, 9.17) is 28.3 Å². The lowest BCUT2D eigenvalue weighted by molar-refractivity contribution is -0.135. The van der Waals surface area contributed by atoms with Crippen molar-refractivity contribution in [3.05, 3.63) is 45.4 Å². The summed E-state index contributed by atoms with van der Waals surface area (Å²) in [6.07, 6.45) is 0.275. The van der Waals surface area contributed by atoms with Gasteiger partial charge in [-0.25, -0.2) is 9.18 Å². The molecular weight excluding hydrogens is 286 g/mol. The smallest absolute Gasteiger partial charge is 0.345 e. The van der Waals surface area contributed by atoms with E-state index in [-0.39, 0.29) is 21.9 Å². The predicted molar refractivity (Wildman–Crippen MR) is 63.5 cm³/mol. The van der Waals surface area contributed by atoms with E-state index in [9.17, 15) is 14.0 Å². The minimum atomic E-state index is -1.06. The summed E-state index contributed by atoms with van der Waals surface area (Å²) in [5.74, 6) is -2.90. The van der Waals surface area contributed by atoms with Gasteiger partial charge in [-0.15, -0.1) is 0 Å². The number of esters is 1. The summed E-state index contributed by atoms with van der Waals surface area (Å²) in [4.78, 5) is 23.0. The van der Waals surface area contributed by atoms with Crippen molar-refractivity contribution in [3.8, 4) is 0 Å². The van der Waals surface area contributed by atoms with Gasteiger partial charge >= 0.3 is 5.97 Å². The van der Waals surface area contributed by atoms with Gasteiger partial charge in [0.1, 0.15) is 11.4 Å². The molecule has 0 aliphatic heterocycles. The van der Waals surface area contributed by atoms with Gasteiger partial charge in [-0.1, -0.05) is 23.2 Å². The first-order chi connectivity index (χ1) is 8.42. The average Bonchev–Trinajstić information content (AvgIpc) is 2.34. The van der Waals surface area contributed by atoms with Crippen LogP contribution in [-0.4, -0.2) is 24.0 Å². The van der Waals surface area contributed by atoms with Gasteiger partial charge in [0.15, 0.2) is 0 Å². The van der Waals surface area contributed by atoms with Crippen LogP contribution >= 0.6 is 23.2 Å². The Morgan fingerprint density at radius 2 is 1.94 bits per heavy atom. The maximum Gasteiger partial charge on any atom is 0.345 e. The van der Waals surface area contributed by atoms with Gasteiger partial charge in [-0.05, 0) is 12.1 Å². The SMILES string of the molecule is COC(=O)C(=CO)C(=O)c1cc(F)c(Cl)cc1Cl. The van der Waals surface area contributed by atoms with Crippen LogP contribution in [0.4, 0.5) is 4.39 Å². The highest BCUT2D eigenvalue weighted by atomic mass is 35.5. The average molecular weight is 293 g/mol. The van der Waals surface area contributed by atoms with Gasteiger partial charge < -0.3 is 9.84 Å². The standard InChI is InChI=1S/C11H7Cl2FO4/c1-18-11(17)6(4-15)10(16)5-2-9(14)8(13)3-7(5)12/h2-4,15H,1H3. The van der Waals surface area contributed by atoms with Gasteiger partial charge in [-0.3, -0.25) is 4.79 Å². The topological polar surface area (TPSA) is 63.6 Å². The Morgan fingerprint density at radius 3 is 2.44 bits per heavy atom. The van der Waals surface area contributed by atoms with E-state index in [1.54, 1.807) is 0 Å². The van der Waals surface area contributed by atoms with Crippen molar-refractivity contribution in [1.82, 2.24) is 0 Å². The number of hydrogen-bond donors (Lipinski definition) is 1. The number of methoxy groups -OCH3 is 1. The Kier molecular flexibility index (Phi) is 4.69. The summed E-state index contributed by atoms with van der Waals surface area (Å²) in [6.45, 7) is 0. The molecule has 4 nitrogen and oxygen atoms in total. The molecule has 0 aromatic heterocycles. The molecule has 1 N–H and O–H groups in total. The highest BCUT2D eigenvalue weighted by Crippen LogP contribution is 2.26. The van der Waals surface area contributed by atoms with Gasteiger partial charge in [-0.2, -0.15) is 0 Å². The second kappa shape index (κ2) is 5.84. The van der Waals surface area contributed by atoms with Crippen molar-refractivity contribution < 1.29 is 23.8 Å². The molecule has 0 radical (unpaired) electrons. The van der Waals surface area contributed by atoms with Crippen molar-refractivity contribution in [2.24, 2.45) is 0 Å². The molecule has 0 aliphatic rings. The number of aliphatic hydroxyl groups excluding tert-OH is 1. The molecule has 1 rings (SSSR count). The van der Waals surface area contributed by atoms with E-state index in [0.29, 0.717) is 0 Å². The second-order valence-corrected chi connectivity index (χ2v) is 3.92. The molecule has 1 aromatic rings. The third-order valence-electron chi connectivity index (χ3n) is 2.03. The summed E-state index contributed by atoms with van der Waals surface area (Å²) >= 11 is 11.2. The lowest BCUT2D eigenvalue weighted by atomic mass is 10.0. The van der Waals surface area contributed by atoms with E-state index in [1.807, 2.05) is 0 Å². The molecule has 7 heteroatoms. The fourth-order valence-corrected chi connectivity index (χ4v) is 1.62. The third kappa shape index (κ3) is 2.80. The molecule has 0 fully saturated rings. The van der Waals surface area contributed by atoms with Crippen molar-refractivity contribution in [2.45, 2.75) is 0 Å². The van der Waals surface area contributed by atoms with Crippen LogP contribution in [0.25, 0.3) is 0 Å². The normalized spacial score (nSPS) is 11.2. The summed E-state index contributed by atoms with van der Waals surface area (Å²) in [7, 11) is 1.03. The molecule has 0 bridgehead atoms. The number of aliphatic hydroxyl groups is 1. The number of hydrogen-bond acceptors (Lipinski definition) is 4. The minimum Gasteiger partial charge on any atom is -0.515 e. The van der Waals surface area contributed by atoms with E-state index < -0.39 is 23.1 Å². The fraction of sp³-hybridized carbons (Fsp3) is 0.0909. The maximum atomic E-state index is 13.2. The molecule has 18 heavy (non-hydrogen) atoms. The highest BCUT2D eigenvalue weighted by molar-refractivity contribution is 6.38. The quantitative estimate of drug-likeness (QED) is 0.177. The van der Waals surface area contributed by atoms with Gasteiger partial charge in [0, 0.05) is 5.56 Å². The van der Waals surface area contributed by atoms with Crippen LogP contribution < -0.4 is 0 Å². The van der Waals surface area contributed by atoms with Crippen molar-refractivity contribution in [2.75, 3.05) is 7.11 Å². The van der Waals surface area contributed by atoms with E-state index >= 15 is 0 Å².